The van der Waals surface area contributed by atoms with E-state index in [2.05, 4.69) is 0 Å². The van der Waals surface area contributed by atoms with Crippen molar-refractivity contribution in [3.05, 3.63) is 66.2 Å². The Kier molecular flexibility index (Phi) is 6.15. The van der Waals surface area contributed by atoms with E-state index in [1.807, 2.05) is 60.7 Å². The summed E-state index contributed by atoms with van der Waals surface area (Å²) in [5, 5.41) is 0. The van der Waals surface area contributed by atoms with Crippen LogP contribution in [0.15, 0.2) is 60.7 Å². The lowest BCUT2D eigenvalue weighted by Gasteiger charge is -2.06. The van der Waals surface area contributed by atoms with Crippen molar-refractivity contribution in [1.29, 1.82) is 0 Å². The predicted octanol–water partition coefficient (Wildman–Crippen LogP) is 2.83. The third-order valence-corrected chi connectivity index (χ3v) is 3.04. The van der Waals surface area contributed by atoms with E-state index in [-0.39, 0.29) is 10.0 Å². The molecule has 0 saturated carbocycles. The van der Waals surface area contributed by atoms with E-state index >= 15 is 0 Å². The van der Waals surface area contributed by atoms with Gasteiger partial charge in [-0.1, -0.05) is 48.5 Å². The Morgan fingerprint density at radius 2 is 1.47 bits per heavy atom. The smallest absolute Gasteiger partial charge is 0.518 e. The molecular weight excluding hydrogens is 256 g/mol. The van der Waals surface area contributed by atoms with Crippen LogP contribution in [0, 0.1) is 0 Å². The summed E-state index contributed by atoms with van der Waals surface area (Å²) in [5.74, 6) is 0.825. The lowest BCUT2D eigenvalue weighted by Crippen LogP contribution is -2.12. The summed E-state index contributed by atoms with van der Waals surface area (Å²) in [4.78, 5) is 0. The van der Waals surface area contributed by atoms with E-state index in [0.29, 0.717) is 19.8 Å². The summed E-state index contributed by atoms with van der Waals surface area (Å²) in [6.45, 7) is 1.73. The number of benzene rings is 2. The summed E-state index contributed by atoms with van der Waals surface area (Å²) in [5.41, 5.74) is 1.17. The van der Waals surface area contributed by atoms with Crippen molar-refractivity contribution in [3.63, 3.8) is 0 Å². The number of hydrogen-bond donors (Lipinski definition) is 0. The molecule has 3 nitrogen and oxygen atoms in total. The topological polar surface area (TPSA) is 27.7 Å². The van der Waals surface area contributed by atoms with Gasteiger partial charge < -0.3 is 13.6 Å². The molecule has 0 N–H and O–H groups in total. The van der Waals surface area contributed by atoms with Crippen molar-refractivity contribution in [2.75, 3.05) is 13.2 Å². The second kappa shape index (κ2) is 8.47. The summed E-state index contributed by atoms with van der Waals surface area (Å²) in [7, 11) is 0.00743. The van der Waals surface area contributed by atoms with Crippen LogP contribution in [0.3, 0.4) is 0 Å². The van der Waals surface area contributed by atoms with Gasteiger partial charge in [-0.3, -0.25) is 0 Å². The molecule has 98 valence electrons. The van der Waals surface area contributed by atoms with Crippen LogP contribution in [0.1, 0.15) is 5.56 Å². The minimum absolute atomic E-state index is 0.00743. The highest BCUT2D eigenvalue weighted by molar-refractivity contribution is 6.19. The molecule has 0 unspecified atom stereocenters. The molecule has 0 aliphatic heterocycles. The average molecular weight is 272 g/mol. The molecule has 0 aliphatic rings. The Morgan fingerprint density at radius 1 is 0.789 bits per heavy atom. The van der Waals surface area contributed by atoms with Crippen molar-refractivity contribution in [2.24, 2.45) is 0 Å². The number of ether oxygens (including phenoxy) is 1. The van der Waals surface area contributed by atoms with Gasteiger partial charge in [0.15, 0.2) is 0 Å². The van der Waals surface area contributed by atoms with Crippen LogP contribution in [0.5, 0.6) is 5.75 Å². The highest BCUT2D eigenvalue weighted by atomic mass is 28.3. The van der Waals surface area contributed by atoms with E-state index in [4.69, 9.17) is 13.6 Å². The zero-order valence-electron chi connectivity index (χ0n) is 10.6. The van der Waals surface area contributed by atoms with Crippen molar-refractivity contribution in [1.82, 2.24) is 0 Å². The van der Waals surface area contributed by atoms with Crippen LogP contribution in [0.4, 0.5) is 0 Å². The molecule has 4 heteroatoms. The quantitative estimate of drug-likeness (QED) is 0.546. The number of hydrogen-bond acceptors (Lipinski definition) is 3. The van der Waals surface area contributed by atoms with Crippen LogP contribution in [0.25, 0.3) is 0 Å². The maximum absolute atomic E-state index is 5.50. The third kappa shape index (κ3) is 5.70. The molecule has 19 heavy (non-hydrogen) atoms. The van der Waals surface area contributed by atoms with Gasteiger partial charge in [0.2, 0.25) is 0 Å². The molecule has 2 aromatic carbocycles. The van der Waals surface area contributed by atoms with Gasteiger partial charge in [0.1, 0.15) is 5.75 Å². The maximum Gasteiger partial charge on any atom is 0.521 e. The largest absolute Gasteiger partial charge is 0.521 e. The van der Waals surface area contributed by atoms with Gasteiger partial charge in [-0.2, -0.15) is 0 Å². The predicted molar refractivity (Wildman–Crippen MR) is 74.9 cm³/mol. The molecule has 2 radical (unpaired) electrons. The molecule has 2 aromatic rings. The highest BCUT2D eigenvalue weighted by Gasteiger charge is 1.97. The maximum atomic E-state index is 5.50. The molecule has 0 aromatic heterocycles. The Bertz CT molecular complexity index is 404. The lowest BCUT2D eigenvalue weighted by atomic mass is 10.2. The van der Waals surface area contributed by atoms with Gasteiger partial charge in [0, 0.05) is 0 Å². The molecule has 0 bridgehead atoms. The first-order valence-corrected chi connectivity index (χ1v) is 6.97. The van der Waals surface area contributed by atoms with Crippen LogP contribution in [-0.4, -0.2) is 23.2 Å². The first-order valence-electron chi connectivity index (χ1n) is 6.15. The molecule has 0 atom stereocenters. The monoisotopic (exact) mass is 272 g/mol. The Hall–Kier alpha value is -1.62. The fourth-order valence-corrected chi connectivity index (χ4v) is 1.93. The van der Waals surface area contributed by atoms with Crippen molar-refractivity contribution >= 4 is 10.0 Å². The van der Waals surface area contributed by atoms with Crippen molar-refractivity contribution in [3.8, 4) is 5.75 Å². The zero-order valence-corrected chi connectivity index (χ0v) is 11.6. The van der Waals surface area contributed by atoms with E-state index in [0.717, 1.165) is 5.75 Å². The molecule has 0 amide bonds. The second-order valence-electron chi connectivity index (χ2n) is 3.89. The molecule has 0 spiro atoms. The van der Waals surface area contributed by atoms with E-state index in [1.54, 1.807) is 0 Å². The van der Waals surface area contributed by atoms with Gasteiger partial charge in [0.05, 0.1) is 19.8 Å². The lowest BCUT2D eigenvalue weighted by molar-refractivity contribution is 0.0862. The van der Waals surface area contributed by atoms with Gasteiger partial charge in [-0.25, -0.2) is 0 Å². The molecule has 0 saturated heterocycles. The summed E-state index contributed by atoms with van der Waals surface area (Å²) in [6.07, 6.45) is 0. The Morgan fingerprint density at radius 3 is 2.21 bits per heavy atom. The first kappa shape index (κ1) is 13.8. The van der Waals surface area contributed by atoms with Crippen LogP contribution in [0.2, 0.25) is 0 Å². The van der Waals surface area contributed by atoms with Gasteiger partial charge >= 0.3 is 10.0 Å². The zero-order chi connectivity index (χ0) is 13.2. The number of para-hydroxylation sites is 1. The van der Waals surface area contributed by atoms with Crippen LogP contribution < -0.4 is 4.43 Å². The minimum Gasteiger partial charge on any atom is -0.518 e. The Labute approximate surface area is 116 Å². The van der Waals surface area contributed by atoms with Crippen LogP contribution in [-0.2, 0) is 15.8 Å². The van der Waals surface area contributed by atoms with E-state index < -0.39 is 0 Å². The summed E-state index contributed by atoms with van der Waals surface area (Å²) >= 11 is 0. The average Bonchev–Trinajstić information content (AvgIpc) is 2.48. The van der Waals surface area contributed by atoms with E-state index in [1.165, 1.54) is 5.56 Å². The standard InChI is InChI=1S/C15H16O3Si/c1-3-7-14(8-4-1)13-16-11-12-17-19-18-15-9-5-2-6-10-15/h1-10H,11-13H2. The Balaban J connectivity index is 1.49. The third-order valence-electron chi connectivity index (χ3n) is 2.40. The van der Waals surface area contributed by atoms with Gasteiger partial charge in [0.25, 0.3) is 0 Å². The fourth-order valence-electron chi connectivity index (χ4n) is 1.47. The minimum atomic E-state index is 0.00743. The normalized spacial score (nSPS) is 10.3. The first-order chi connectivity index (χ1) is 9.45. The number of rotatable bonds is 8. The van der Waals surface area contributed by atoms with Gasteiger partial charge in [-0.15, -0.1) is 0 Å². The van der Waals surface area contributed by atoms with E-state index in [9.17, 15) is 0 Å². The molecular formula is C15H16O3Si. The fraction of sp³-hybridized carbons (Fsp3) is 0.200. The molecule has 0 aliphatic carbocycles. The van der Waals surface area contributed by atoms with Crippen molar-refractivity contribution < 1.29 is 13.6 Å². The van der Waals surface area contributed by atoms with Crippen LogP contribution >= 0.6 is 0 Å². The summed E-state index contributed by atoms with van der Waals surface area (Å²) in [6, 6.07) is 19.7. The summed E-state index contributed by atoms with van der Waals surface area (Å²) < 4.78 is 16.3. The van der Waals surface area contributed by atoms with Gasteiger partial charge in [-0.05, 0) is 17.7 Å². The molecule has 0 heterocycles. The highest BCUT2D eigenvalue weighted by Crippen LogP contribution is 2.07. The second-order valence-corrected chi connectivity index (χ2v) is 4.54. The van der Waals surface area contributed by atoms with Crippen molar-refractivity contribution in [2.45, 2.75) is 6.61 Å². The SMILES string of the molecule is c1ccc(COCCO[Si]Oc2ccccc2)cc1. The molecule has 2 rings (SSSR count). The molecule has 0 fully saturated rings.